The lowest BCUT2D eigenvalue weighted by molar-refractivity contribution is -0.153. The number of carboxylic acid groups (broad SMARTS) is 1. The van der Waals surface area contributed by atoms with E-state index in [-0.39, 0.29) is 12.5 Å². The van der Waals surface area contributed by atoms with Gasteiger partial charge in [0.15, 0.2) is 0 Å². The molecule has 1 heterocycles. The summed E-state index contributed by atoms with van der Waals surface area (Å²) < 4.78 is 0. The van der Waals surface area contributed by atoms with Crippen molar-refractivity contribution in [3.8, 4) is 0 Å². The standard InChI is InChI=1S/C12H20N2O3/c1-12(11(16)17)6-2-3-7-14(12)8-10(15)13-9-4-5-9/h9H,2-8H2,1H3,(H,13,15)(H,16,17). The molecule has 0 bridgehead atoms. The molecule has 0 aromatic carbocycles. The molecule has 96 valence electrons. The van der Waals surface area contributed by atoms with Crippen LogP contribution in [-0.2, 0) is 9.59 Å². The normalized spacial score (nSPS) is 29.9. The van der Waals surface area contributed by atoms with Gasteiger partial charge in [0.2, 0.25) is 5.91 Å². The van der Waals surface area contributed by atoms with Gasteiger partial charge < -0.3 is 10.4 Å². The molecule has 1 aliphatic heterocycles. The number of nitrogens with zero attached hydrogens (tertiary/aromatic N) is 1. The Morgan fingerprint density at radius 2 is 2.12 bits per heavy atom. The average Bonchev–Trinajstić information content (AvgIpc) is 3.05. The van der Waals surface area contributed by atoms with Gasteiger partial charge in [-0.1, -0.05) is 0 Å². The quantitative estimate of drug-likeness (QED) is 0.754. The number of hydrogen-bond donors (Lipinski definition) is 2. The molecule has 2 fully saturated rings. The van der Waals surface area contributed by atoms with Gasteiger partial charge in [0, 0.05) is 6.04 Å². The molecule has 2 rings (SSSR count). The minimum atomic E-state index is -0.876. The maximum atomic E-state index is 11.7. The Kier molecular flexibility index (Phi) is 3.38. The zero-order valence-electron chi connectivity index (χ0n) is 10.2. The summed E-state index contributed by atoms with van der Waals surface area (Å²) >= 11 is 0. The molecule has 2 aliphatic rings. The lowest BCUT2D eigenvalue weighted by Gasteiger charge is -2.41. The van der Waals surface area contributed by atoms with E-state index in [4.69, 9.17) is 0 Å². The fourth-order valence-corrected chi connectivity index (χ4v) is 2.35. The van der Waals surface area contributed by atoms with Crippen LogP contribution in [0.25, 0.3) is 0 Å². The first-order valence-corrected chi connectivity index (χ1v) is 6.30. The van der Waals surface area contributed by atoms with Crippen molar-refractivity contribution in [2.45, 2.75) is 50.6 Å². The number of carbonyl (C=O) groups excluding carboxylic acids is 1. The molecule has 17 heavy (non-hydrogen) atoms. The second-order valence-electron chi connectivity index (χ2n) is 5.30. The first kappa shape index (κ1) is 12.4. The van der Waals surface area contributed by atoms with Crippen molar-refractivity contribution in [2.24, 2.45) is 0 Å². The zero-order chi connectivity index (χ0) is 12.5. The van der Waals surface area contributed by atoms with E-state index >= 15 is 0 Å². The van der Waals surface area contributed by atoms with Crippen LogP contribution in [0.1, 0.15) is 39.0 Å². The second-order valence-corrected chi connectivity index (χ2v) is 5.30. The van der Waals surface area contributed by atoms with E-state index in [1.165, 1.54) is 0 Å². The van der Waals surface area contributed by atoms with Crippen molar-refractivity contribution in [3.05, 3.63) is 0 Å². The van der Waals surface area contributed by atoms with Gasteiger partial charge in [-0.3, -0.25) is 14.5 Å². The molecule has 1 aliphatic carbocycles. The minimum absolute atomic E-state index is 0.0399. The third-order valence-electron chi connectivity index (χ3n) is 3.78. The second kappa shape index (κ2) is 4.64. The number of aliphatic carboxylic acids is 1. The van der Waals surface area contributed by atoms with Crippen molar-refractivity contribution >= 4 is 11.9 Å². The van der Waals surface area contributed by atoms with Crippen LogP contribution in [-0.4, -0.2) is 46.6 Å². The number of nitrogens with one attached hydrogen (secondary N) is 1. The molecular weight excluding hydrogens is 220 g/mol. The minimum Gasteiger partial charge on any atom is -0.480 e. The molecule has 1 saturated carbocycles. The summed E-state index contributed by atoms with van der Waals surface area (Å²) in [6, 6.07) is 0.336. The molecule has 5 heteroatoms. The summed E-state index contributed by atoms with van der Waals surface area (Å²) in [5, 5.41) is 12.2. The lowest BCUT2D eigenvalue weighted by Crippen LogP contribution is -2.57. The number of amides is 1. The molecule has 1 atom stereocenters. The SMILES string of the molecule is CC1(C(=O)O)CCCCN1CC(=O)NC1CC1. The number of piperidine rings is 1. The Bertz CT molecular complexity index is 328. The van der Waals surface area contributed by atoms with Crippen LogP contribution in [0.15, 0.2) is 0 Å². The lowest BCUT2D eigenvalue weighted by atomic mass is 9.88. The fraction of sp³-hybridized carbons (Fsp3) is 0.833. The van der Waals surface area contributed by atoms with E-state index in [2.05, 4.69) is 5.32 Å². The van der Waals surface area contributed by atoms with Gasteiger partial charge in [-0.2, -0.15) is 0 Å². The average molecular weight is 240 g/mol. The van der Waals surface area contributed by atoms with Gasteiger partial charge in [-0.25, -0.2) is 0 Å². The maximum absolute atomic E-state index is 11.7. The van der Waals surface area contributed by atoms with Crippen LogP contribution in [0.5, 0.6) is 0 Å². The van der Waals surface area contributed by atoms with Gasteiger partial charge in [0.05, 0.1) is 6.54 Å². The molecule has 0 radical (unpaired) electrons. The molecule has 1 amide bonds. The highest BCUT2D eigenvalue weighted by molar-refractivity contribution is 5.82. The third-order valence-corrected chi connectivity index (χ3v) is 3.78. The molecule has 1 saturated heterocycles. The summed E-state index contributed by atoms with van der Waals surface area (Å²) in [4.78, 5) is 24.9. The molecule has 5 nitrogen and oxygen atoms in total. The molecular formula is C12H20N2O3. The predicted molar refractivity (Wildman–Crippen MR) is 62.6 cm³/mol. The van der Waals surface area contributed by atoms with E-state index in [1.54, 1.807) is 11.8 Å². The van der Waals surface area contributed by atoms with Gasteiger partial charge in [-0.15, -0.1) is 0 Å². The van der Waals surface area contributed by atoms with E-state index in [0.29, 0.717) is 19.0 Å². The first-order chi connectivity index (χ1) is 8.02. The van der Waals surface area contributed by atoms with Crippen LogP contribution in [0.3, 0.4) is 0 Å². The Morgan fingerprint density at radius 3 is 2.71 bits per heavy atom. The number of rotatable bonds is 4. The van der Waals surface area contributed by atoms with Crippen LogP contribution in [0, 0.1) is 0 Å². The molecule has 0 spiro atoms. The van der Waals surface area contributed by atoms with Crippen LogP contribution < -0.4 is 5.32 Å². The largest absolute Gasteiger partial charge is 0.480 e. The summed E-state index contributed by atoms with van der Waals surface area (Å²) in [7, 11) is 0. The predicted octanol–water partition coefficient (Wildman–Crippen LogP) is 0.594. The zero-order valence-corrected chi connectivity index (χ0v) is 10.2. The number of carbonyl (C=O) groups is 2. The Balaban J connectivity index is 1.95. The third kappa shape index (κ3) is 2.77. The van der Waals surface area contributed by atoms with Crippen molar-refractivity contribution in [1.29, 1.82) is 0 Å². The number of likely N-dealkylation sites (tertiary alicyclic amines) is 1. The van der Waals surface area contributed by atoms with Gasteiger partial charge in [0.25, 0.3) is 0 Å². The molecule has 0 aromatic heterocycles. The smallest absolute Gasteiger partial charge is 0.323 e. The van der Waals surface area contributed by atoms with Gasteiger partial charge in [-0.05, 0) is 45.6 Å². The van der Waals surface area contributed by atoms with Gasteiger partial charge >= 0.3 is 5.97 Å². The summed E-state index contributed by atoms with van der Waals surface area (Å²) in [5.41, 5.74) is -0.876. The van der Waals surface area contributed by atoms with Crippen LogP contribution in [0.2, 0.25) is 0 Å². The fourth-order valence-electron chi connectivity index (χ4n) is 2.35. The van der Waals surface area contributed by atoms with Gasteiger partial charge in [0.1, 0.15) is 5.54 Å². The Hall–Kier alpha value is -1.10. The summed E-state index contributed by atoms with van der Waals surface area (Å²) in [6.45, 7) is 2.62. The molecule has 0 aromatic rings. The highest BCUT2D eigenvalue weighted by atomic mass is 16.4. The van der Waals surface area contributed by atoms with E-state index < -0.39 is 11.5 Å². The Morgan fingerprint density at radius 1 is 1.41 bits per heavy atom. The highest BCUT2D eigenvalue weighted by Crippen LogP contribution is 2.28. The van der Waals surface area contributed by atoms with E-state index in [1.807, 2.05) is 0 Å². The van der Waals surface area contributed by atoms with Crippen LogP contribution in [0.4, 0.5) is 0 Å². The van der Waals surface area contributed by atoms with E-state index in [0.717, 1.165) is 25.7 Å². The monoisotopic (exact) mass is 240 g/mol. The highest BCUT2D eigenvalue weighted by Gasteiger charge is 2.42. The van der Waals surface area contributed by atoms with Crippen LogP contribution >= 0.6 is 0 Å². The van der Waals surface area contributed by atoms with Crippen molar-refractivity contribution in [2.75, 3.05) is 13.1 Å². The maximum Gasteiger partial charge on any atom is 0.323 e. The van der Waals surface area contributed by atoms with Crippen molar-refractivity contribution in [3.63, 3.8) is 0 Å². The first-order valence-electron chi connectivity index (χ1n) is 6.30. The van der Waals surface area contributed by atoms with E-state index in [9.17, 15) is 14.7 Å². The summed E-state index contributed by atoms with van der Waals surface area (Å²) in [5.74, 6) is -0.863. The summed E-state index contributed by atoms with van der Waals surface area (Å²) in [6.07, 6.45) is 4.63. The Labute approximate surface area is 101 Å². The molecule has 2 N–H and O–H groups in total. The number of carboxylic acids is 1. The number of hydrogen-bond acceptors (Lipinski definition) is 3. The molecule has 1 unspecified atom stereocenters. The topological polar surface area (TPSA) is 69.6 Å². The van der Waals surface area contributed by atoms with Crippen molar-refractivity contribution in [1.82, 2.24) is 10.2 Å². The van der Waals surface area contributed by atoms with Crippen molar-refractivity contribution < 1.29 is 14.7 Å².